The van der Waals surface area contributed by atoms with Gasteiger partial charge in [-0.3, -0.25) is 4.79 Å². The van der Waals surface area contributed by atoms with E-state index in [1.807, 2.05) is 0 Å². The fourth-order valence-corrected chi connectivity index (χ4v) is 1.43. The van der Waals surface area contributed by atoms with Gasteiger partial charge < -0.3 is 10.1 Å². The van der Waals surface area contributed by atoms with Crippen LogP contribution in [0.5, 0.6) is 5.75 Å². The lowest BCUT2D eigenvalue weighted by molar-refractivity contribution is 0.480. The molecule has 0 saturated carbocycles. The molecule has 2 aromatic rings. The number of hydrogen-bond acceptors (Lipinski definition) is 2. The maximum atomic E-state index is 10.9. The molecule has 0 atom stereocenters. The Kier molecular flexibility index (Phi) is 1.74. The van der Waals surface area contributed by atoms with Crippen LogP contribution in [-0.2, 0) is 0 Å². The Morgan fingerprint density at radius 2 is 2.08 bits per heavy atom. The minimum Gasteiger partial charge on any atom is -0.506 e. The number of aromatic amines is 1. The normalized spacial score (nSPS) is 10.5. The van der Waals surface area contributed by atoms with Crippen LogP contribution in [0.1, 0.15) is 0 Å². The van der Waals surface area contributed by atoms with Crippen LogP contribution in [0.15, 0.2) is 29.1 Å². The quantitative estimate of drug-likeness (QED) is 0.675. The highest BCUT2D eigenvalue weighted by Crippen LogP contribution is 2.25. The van der Waals surface area contributed by atoms with Crippen LogP contribution in [0, 0.1) is 0 Å². The molecule has 0 aliphatic heterocycles. The van der Waals surface area contributed by atoms with E-state index in [0.29, 0.717) is 15.9 Å². The Balaban J connectivity index is 2.95. The lowest BCUT2D eigenvalue weighted by Crippen LogP contribution is -2.02. The first-order chi connectivity index (χ1) is 6.16. The Morgan fingerprint density at radius 1 is 1.31 bits per heavy atom. The van der Waals surface area contributed by atoms with E-state index in [2.05, 4.69) is 4.98 Å². The minimum absolute atomic E-state index is 0.0137. The molecule has 0 unspecified atom stereocenters. The van der Waals surface area contributed by atoms with Crippen LogP contribution in [0.3, 0.4) is 0 Å². The number of fused-ring (bicyclic) bond motifs is 1. The number of aromatic nitrogens is 1. The van der Waals surface area contributed by atoms with Crippen molar-refractivity contribution in [3.8, 4) is 5.75 Å². The summed E-state index contributed by atoms with van der Waals surface area (Å²) in [4.78, 5) is 13.4. The summed E-state index contributed by atoms with van der Waals surface area (Å²) in [6.07, 6.45) is 0. The third kappa shape index (κ3) is 1.38. The van der Waals surface area contributed by atoms with Gasteiger partial charge in [0.25, 0.3) is 0 Å². The second-order valence-electron chi connectivity index (χ2n) is 2.71. The van der Waals surface area contributed by atoms with Gasteiger partial charge in [-0.25, -0.2) is 0 Å². The van der Waals surface area contributed by atoms with E-state index < -0.39 is 0 Å². The van der Waals surface area contributed by atoms with Crippen molar-refractivity contribution >= 4 is 22.5 Å². The molecule has 0 aliphatic rings. The van der Waals surface area contributed by atoms with Gasteiger partial charge in [0, 0.05) is 22.5 Å². The molecule has 4 heteroatoms. The first-order valence-electron chi connectivity index (χ1n) is 3.68. The molecule has 2 rings (SSSR count). The predicted molar refractivity (Wildman–Crippen MR) is 51.2 cm³/mol. The molecule has 0 radical (unpaired) electrons. The molecule has 1 aromatic heterocycles. The molecule has 0 amide bonds. The van der Waals surface area contributed by atoms with Gasteiger partial charge in [0.1, 0.15) is 5.75 Å². The summed E-state index contributed by atoms with van der Waals surface area (Å²) in [5, 5.41) is 10.6. The Morgan fingerprint density at radius 3 is 2.85 bits per heavy atom. The maximum absolute atomic E-state index is 10.9. The number of hydrogen-bond donors (Lipinski definition) is 2. The average molecular weight is 196 g/mol. The van der Waals surface area contributed by atoms with Gasteiger partial charge in [-0.1, -0.05) is 11.6 Å². The van der Waals surface area contributed by atoms with Crippen molar-refractivity contribution in [1.82, 2.24) is 4.98 Å². The molecule has 0 fully saturated rings. The average Bonchev–Trinajstić information content (AvgIpc) is 2.06. The molecule has 0 spiro atoms. The van der Waals surface area contributed by atoms with E-state index in [1.165, 1.54) is 12.1 Å². The Hall–Kier alpha value is -1.48. The zero-order valence-electron chi connectivity index (χ0n) is 6.54. The summed E-state index contributed by atoms with van der Waals surface area (Å²) in [6, 6.07) is 6.06. The maximum Gasteiger partial charge on any atom is 0.248 e. The van der Waals surface area contributed by atoms with Gasteiger partial charge in [-0.05, 0) is 12.1 Å². The summed E-state index contributed by atoms with van der Waals surface area (Å²) in [5.74, 6) is -0.0137. The molecule has 13 heavy (non-hydrogen) atoms. The van der Waals surface area contributed by atoms with Crippen LogP contribution in [0.2, 0.25) is 5.02 Å². The van der Waals surface area contributed by atoms with Crippen LogP contribution >= 0.6 is 11.6 Å². The molecule has 1 aromatic carbocycles. The summed E-state index contributed by atoms with van der Waals surface area (Å²) in [6.45, 7) is 0. The minimum atomic E-state index is -0.245. The lowest BCUT2D eigenvalue weighted by atomic mass is 10.2. The smallest absolute Gasteiger partial charge is 0.248 e. The standard InChI is InChI=1S/C9H6ClNO2/c10-6-3-5-1-2-8(13)11-9(5)7(12)4-6/h1-4,12H,(H,11,13). The van der Waals surface area contributed by atoms with Crippen molar-refractivity contribution in [2.45, 2.75) is 0 Å². The van der Waals surface area contributed by atoms with Crippen molar-refractivity contribution in [3.63, 3.8) is 0 Å². The molecular formula is C9H6ClNO2. The molecular weight excluding hydrogens is 190 g/mol. The molecule has 0 bridgehead atoms. The summed E-state index contributed by atoms with van der Waals surface area (Å²) >= 11 is 5.71. The molecule has 0 saturated heterocycles. The summed E-state index contributed by atoms with van der Waals surface area (Å²) in [7, 11) is 0. The highest BCUT2D eigenvalue weighted by atomic mass is 35.5. The number of aromatic hydroxyl groups is 1. The van der Waals surface area contributed by atoms with E-state index in [-0.39, 0.29) is 11.3 Å². The number of phenols is 1. The van der Waals surface area contributed by atoms with Crippen molar-refractivity contribution in [2.24, 2.45) is 0 Å². The zero-order valence-corrected chi connectivity index (χ0v) is 7.30. The second-order valence-corrected chi connectivity index (χ2v) is 3.15. The number of H-pyrrole nitrogens is 1. The number of phenolic OH excluding ortho intramolecular Hbond substituents is 1. The zero-order chi connectivity index (χ0) is 9.42. The fourth-order valence-electron chi connectivity index (χ4n) is 1.21. The second kappa shape index (κ2) is 2.78. The third-order valence-corrected chi connectivity index (χ3v) is 1.99. The van der Waals surface area contributed by atoms with Crippen LogP contribution in [-0.4, -0.2) is 10.1 Å². The third-order valence-electron chi connectivity index (χ3n) is 1.78. The van der Waals surface area contributed by atoms with Crippen LogP contribution in [0.25, 0.3) is 10.9 Å². The number of nitrogens with one attached hydrogen (secondary N) is 1. The summed E-state index contributed by atoms with van der Waals surface area (Å²) < 4.78 is 0. The van der Waals surface area contributed by atoms with E-state index in [1.54, 1.807) is 12.1 Å². The Bertz CT molecular complexity index is 518. The van der Waals surface area contributed by atoms with Gasteiger partial charge in [-0.2, -0.15) is 0 Å². The number of halogens is 1. The van der Waals surface area contributed by atoms with Crippen molar-refractivity contribution in [3.05, 3.63) is 39.6 Å². The first-order valence-corrected chi connectivity index (χ1v) is 4.06. The number of rotatable bonds is 0. The monoisotopic (exact) mass is 195 g/mol. The fraction of sp³-hybridized carbons (Fsp3) is 0. The molecule has 3 nitrogen and oxygen atoms in total. The SMILES string of the molecule is O=c1ccc2cc(Cl)cc(O)c2[nH]1. The molecule has 0 aliphatic carbocycles. The topological polar surface area (TPSA) is 53.1 Å². The number of pyridine rings is 1. The molecule has 1 heterocycles. The Labute approximate surface area is 78.6 Å². The lowest BCUT2D eigenvalue weighted by Gasteiger charge is -2.00. The van der Waals surface area contributed by atoms with Crippen LogP contribution < -0.4 is 5.56 Å². The van der Waals surface area contributed by atoms with Gasteiger partial charge in [-0.15, -0.1) is 0 Å². The number of benzene rings is 1. The molecule has 66 valence electrons. The van der Waals surface area contributed by atoms with Gasteiger partial charge >= 0.3 is 0 Å². The summed E-state index contributed by atoms with van der Waals surface area (Å²) in [5.41, 5.74) is 0.169. The van der Waals surface area contributed by atoms with Crippen LogP contribution in [0.4, 0.5) is 0 Å². The van der Waals surface area contributed by atoms with Crippen molar-refractivity contribution in [2.75, 3.05) is 0 Å². The van der Waals surface area contributed by atoms with Crippen molar-refractivity contribution in [1.29, 1.82) is 0 Å². The molecule has 2 N–H and O–H groups in total. The van der Waals surface area contributed by atoms with E-state index in [9.17, 15) is 9.90 Å². The van der Waals surface area contributed by atoms with Gasteiger partial charge in [0.2, 0.25) is 5.56 Å². The van der Waals surface area contributed by atoms with E-state index >= 15 is 0 Å². The first kappa shape index (κ1) is 8.13. The predicted octanol–water partition coefficient (Wildman–Crippen LogP) is 1.89. The van der Waals surface area contributed by atoms with E-state index in [0.717, 1.165) is 0 Å². The van der Waals surface area contributed by atoms with E-state index in [4.69, 9.17) is 11.6 Å². The van der Waals surface area contributed by atoms with Crippen molar-refractivity contribution < 1.29 is 5.11 Å². The highest BCUT2D eigenvalue weighted by molar-refractivity contribution is 6.31. The highest BCUT2D eigenvalue weighted by Gasteiger charge is 2.01. The largest absolute Gasteiger partial charge is 0.506 e. The van der Waals surface area contributed by atoms with Gasteiger partial charge in [0.05, 0.1) is 5.52 Å². The van der Waals surface area contributed by atoms with Gasteiger partial charge in [0.15, 0.2) is 0 Å².